The van der Waals surface area contributed by atoms with Crippen molar-refractivity contribution < 1.29 is 46.9 Å². The summed E-state index contributed by atoms with van der Waals surface area (Å²) in [5.41, 5.74) is 21.7. The van der Waals surface area contributed by atoms with Crippen LogP contribution in [0.1, 0.15) is 110 Å². The van der Waals surface area contributed by atoms with Crippen LogP contribution in [0.3, 0.4) is 0 Å². The number of imidazole rings is 3. The molecule has 0 unspecified atom stereocenters. The van der Waals surface area contributed by atoms with Crippen LogP contribution >= 0.6 is 0 Å². The van der Waals surface area contributed by atoms with Crippen LogP contribution in [0, 0.1) is 22.9 Å². The van der Waals surface area contributed by atoms with Gasteiger partial charge in [0.15, 0.2) is 0 Å². The van der Waals surface area contributed by atoms with Gasteiger partial charge >= 0.3 is 0 Å². The number of nitrogens with one attached hydrogen (secondary N) is 6. The first kappa shape index (κ1) is 78.8. The number of aliphatic hydroxyl groups excluding tert-OH is 1. The van der Waals surface area contributed by atoms with Gasteiger partial charge in [-0.15, -0.1) is 0 Å². The van der Waals surface area contributed by atoms with E-state index in [-0.39, 0.29) is 78.0 Å². The van der Waals surface area contributed by atoms with E-state index in [9.17, 15) is 32.7 Å². The predicted octanol–water partition coefficient (Wildman–Crippen LogP) is 12.4. The molecule has 0 spiro atoms. The number of nitrogens with two attached hydrogens (primary N) is 1. The van der Waals surface area contributed by atoms with E-state index in [0.717, 1.165) is 107 Å². The molecule has 16 heterocycles. The SMILES string of the molecule is C.CC(C)(N)[C@@H]1CN(c2ccc(Nc3ccc(-c4cnc5cc(F)ccn45)c4c3C(=O)NC4)nc2)CCO1.CC(C)([C@@H]1CN(c2ccc(Nc3ccc(-c4cnc5cc(F)ccn45)c4c3C(=O)NC4)nc2)CCO1)N1CC(O)C1.CCC(C)(C)[C@H]1CN(c2ccc(Nc3ccc(-c4cnc5cc(F)ccn45)c4c3C(=O)NC4)nc2)CCO1. The van der Waals surface area contributed by atoms with Crippen molar-refractivity contribution in [3.63, 3.8) is 0 Å². The fourth-order valence-corrected chi connectivity index (χ4v) is 16.3. The number of carbonyl (C=O) groups is 3. The van der Waals surface area contributed by atoms with Gasteiger partial charge in [-0.1, -0.05) is 46.4 Å². The van der Waals surface area contributed by atoms with Crippen LogP contribution in [-0.2, 0) is 33.8 Å². The van der Waals surface area contributed by atoms with Crippen LogP contribution < -0.4 is 52.3 Å². The van der Waals surface area contributed by atoms with Gasteiger partial charge < -0.3 is 71.7 Å². The topological polar surface area (TPSA) is 301 Å². The predicted molar refractivity (Wildman–Crippen MR) is 444 cm³/mol. The smallest absolute Gasteiger partial charge is 0.254 e. The quantitative estimate of drug-likeness (QED) is 0.0420. The second-order valence-electron chi connectivity index (χ2n) is 32.1. The minimum atomic E-state index is -0.430. The molecule has 0 aliphatic carbocycles. The first-order valence-corrected chi connectivity index (χ1v) is 39.1. The first-order chi connectivity index (χ1) is 55.9. The van der Waals surface area contributed by atoms with E-state index in [0.29, 0.717) is 127 Å². The highest BCUT2D eigenvalue weighted by molar-refractivity contribution is 6.08. The number of hydrogen-bond donors (Lipinski definition) is 8. The van der Waals surface area contributed by atoms with Crippen molar-refractivity contribution in [2.75, 3.05) is 103 Å². The van der Waals surface area contributed by atoms with Gasteiger partial charge in [0.1, 0.15) is 51.8 Å². The maximum atomic E-state index is 13.7. The Morgan fingerprint density at radius 3 is 1.14 bits per heavy atom. The zero-order valence-electron chi connectivity index (χ0n) is 65.4. The molecule has 7 aliphatic rings. The molecule has 3 aromatic carbocycles. The number of hydrogen-bond acceptors (Lipinski definition) is 21. The standard InChI is InChI=1S/C30H32FN7O3.C29H31FN6O2.C27H28FN7O2.CH4/c1-30(2,37-15-20(39)16-37)25-17-36(9-10-41-25)19-3-6-26(32-12-19)35-23-5-4-21(22-13-34-29(40)28(22)23)24-14-33-27-11-18(31)7-8-38(24)27;1-4-29(2,3)24-17-35(11-12-38-24)19-5-8-25(31-14-19)34-22-7-6-20(21-15-33-28(37)27(21)22)23-16-32-26-13-18(30)9-10-36(23)26;1-27(2,29)22-15-34(9-10-37-22)17-3-6-23(30-12-17)33-20-5-4-18(19-13-32-26(36)25(19)20)21-14-31-24-11-16(28)7-8-35(21)24;/h3-8,11-12,14,20,25,39H,9-10,13,15-17H2,1-2H3,(H,32,35)(H,34,40);5-10,13-14,16,24H,4,11-12,15,17H2,1-3H3,(H,31,34)(H,33,37);3-8,11-12,14,22H,9-10,13,15,29H2,1-2H3,(H,30,33)(H,32,36);1H4/t25-;24-;22-;/m010./s1. The molecule has 9 N–H and O–H groups in total. The normalized spacial score (nSPS) is 18.2. The third kappa shape index (κ3) is 15.6. The molecular formula is C87H95F3N20O7. The van der Waals surface area contributed by atoms with Crippen molar-refractivity contribution in [1.29, 1.82) is 0 Å². The molecule has 12 aromatic rings. The number of carbonyl (C=O) groups excluding carboxylic acids is 3. The van der Waals surface area contributed by atoms with E-state index in [4.69, 9.17) is 19.9 Å². The number of halogens is 3. The summed E-state index contributed by atoms with van der Waals surface area (Å²) in [5, 5.41) is 28.5. The van der Waals surface area contributed by atoms with Crippen molar-refractivity contribution in [2.45, 2.75) is 117 Å². The number of benzene rings is 3. The van der Waals surface area contributed by atoms with E-state index in [2.05, 4.69) is 122 Å². The Hall–Kier alpha value is -12.1. The highest BCUT2D eigenvalue weighted by Crippen LogP contribution is 2.41. The van der Waals surface area contributed by atoms with Crippen LogP contribution in [0.25, 0.3) is 50.7 Å². The highest BCUT2D eigenvalue weighted by atomic mass is 19.1. The third-order valence-electron chi connectivity index (χ3n) is 23.6. The fourth-order valence-electron chi connectivity index (χ4n) is 16.3. The zero-order chi connectivity index (χ0) is 80.5. The highest BCUT2D eigenvalue weighted by Gasteiger charge is 2.45. The first-order valence-electron chi connectivity index (χ1n) is 39.1. The number of fused-ring (bicyclic) bond motifs is 6. The largest absolute Gasteiger partial charge is 0.390 e. The molecule has 0 saturated carbocycles. The summed E-state index contributed by atoms with van der Waals surface area (Å²) in [6.45, 7) is 24.1. The van der Waals surface area contributed by atoms with E-state index in [1.165, 1.54) is 36.4 Å². The summed E-state index contributed by atoms with van der Waals surface area (Å²) < 4.78 is 64.5. The maximum absolute atomic E-state index is 13.7. The van der Waals surface area contributed by atoms with Crippen molar-refractivity contribution in [1.82, 2.24) is 64.0 Å². The molecule has 27 nitrogen and oxygen atoms in total. The van der Waals surface area contributed by atoms with Gasteiger partial charge in [-0.3, -0.25) is 32.5 Å². The molecule has 30 heteroatoms. The van der Waals surface area contributed by atoms with Crippen molar-refractivity contribution >= 4 is 86.2 Å². The summed E-state index contributed by atoms with van der Waals surface area (Å²) in [5.74, 6) is 0.443. The molecule has 3 atom stereocenters. The van der Waals surface area contributed by atoms with Crippen LogP contribution in [0.2, 0.25) is 0 Å². The monoisotopic (exact) mass is 1590 g/mol. The third-order valence-corrected chi connectivity index (χ3v) is 23.6. The van der Waals surface area contributed by atoms with Gasteiger partial charge in [0.05, 0.1) is 149 Å². The Kier molecular flexibility index (Phi) is 21.5. The maximum Gasteiger partial charge on any atom is 0.254 e. The van der Waals surface area contributed by atoms with Crippen molar-refractivity contribution in [3.05, 3.63) is 216 Å². The minimum absolute atomic E-state index is 0. The van der Waals surface area contributed by atoms with Gasteiger partial charge in [0.2, 0.25) is 0 Å². The molecule has 9 aromatic heterocycles. The number of anilines is 9. The molecule has 19 rings (SSSR count). The Bertz CT molecular complexity index is 5750. The van der Waals surface area contributed by atoms with Crippen molar-refractivity contribution in [3.8, 4) is 33.8 Å². The Balaban J connectivity index is 0.000000131. The van der Waals surface area contributed by atoms with Gasteiger partial charge in [-0.25, -0.2) is 43.1 Å². The lowest BCUT2D eigenvalue weighted by atomic mass is 9.83. The van der Waals surface area contributed by atoms with Crippen LogP contribution in [0.4, 0.5) is 64.7 Å². The number of aromatic nitrogens is 9. The number of β-amino-alcohol motifs (C(OH)–C–C–N with tert-alkyl or cyclic N) is 1. The summed E-state index contributed by atoms with van der Waals surface area (Å²) >= 11 is 0. The van der Waals surface area contributed by atoms with Gasteiger partial charge in [-0.05, 0) is 129 Å². The van der Waals surface area contributed by atoms with Crippen molar-refractivity contribution in [2.24, 2.45) is 11.1 Å². The van der Waals surface area contributed by atoms with E-state index >= 15 is 0 Å². The molecule has 4 saturated heterocycles. The van der Waals surface area contributed by atoms with E-state index < -0.39 is 5.54 Å². The number of morpholine rings is 3. The molecule has 606 valence electrons. The fraction of sp³-hybridized carbons (Fsp3) is 0.345. The number of pyridine rings is 6. The molecule has 117 heavy (non-hydrogen) atoms. The number of ether oxygens (including phenoxy) is 3. The van der Waals surface area contributed by atoms with Crippen LogP contribution in [-0.4, -0.2) is 179 Å². The molecule has 3 amide bonds. The number of nitrogens with zero attached hydrogens (tertiary/aromatic N) is 13. The summed E-state index contributed by atoms with van der Waals surface area (Å²) in [6, 6.07) is 31.7. The second-order valence-corrected chi connectivity index (χ2v) is 32.1. The molecule has 7 aliphatic heterocycles. The lowest BCUT2D eigenvalue weighted by Crippen LogP contribution is -2.67. The average Bonchev–Trinajstić information content (AvgIpc) is 1.64. The zero-order valence-corrected chi connectivity index (χ0v) is 65.4. The van der Waals surface area contributed by atoms with Gasteiger partial charge in [0.25, 0.3) is 17.7 Å². The molecule has 0 radical (unpaired) electrons. The second kappa shape index (κ2) is 31.9. The Labute approximate surface area is 674 Å². The van der Waals surface area contributed by atoms with Gasteiger partial charge in [-0.2, -0.15) is 0 Å². The molecular weight excluding hydrogens is 1490 g/mol. The lowest BCUT2D eigenvalue weighted by molar-refractivity contribution is -0.121. The Morgan fingerprint density at radius 1 is 0.462 bits per heavy atom. The number of aliphatic hydroxyl groups is 1. The number of rotatable bonds is 17. The summed E-state index contributed by atoms with van der Waals surface area (Å²) in [7, 11) is 0. The summed E-state index contributed by atoms with van der Waals surface area (Å²) in [4.78, 5) is 74.6. The summed E-state index contributed by atoms with van der Waals surface area (Å²) in [6.07, 6.45) is 16.5. The van der Waals surface area contributed by atoms with E-state index in [1.807, 2.05) is 112 Å². The van der Waals surface area contributed by atoms with Crippen LogP contribution in [0.15, 0.2) is 165 Å². The van der Waals surface area contributed by atoms with Gasteiger partial charge in [0, 0.05) is 137 Å². The average molecular weight is 1590 g/mol. The number of amides is 3. The minimum Gasteiger partial charge on any atom is -0.390 e. The lowest BCUT2D eigenvalue weighted by Gasteiger charge is -2.52. The molecule has 4 fully saturated rings. The van der Waals surface area contributed by atoms with Crippen LogP contribution in [0.5, 0.6) is 0 Å². The number of likely N-dealkylation sites (tertiary alicyclic amines) is 1. The molecule has 0 bridgehead atoms. The Morgan fingerprint density at radius 2 is 0.803 bits per heavy atom. The van der Waals surface area contributed by atoms with E-state index in [1.54, 1.807) is 37.2 Å².